The van der Waals surface area contributed by atoms with Gasteiger partial charge in [0.25, 0.3) is 0 Å². The first kappa shape index (κ1) is 29.3. The van der Waals surface area contributed by atoms with Crippen LogP contribution < -0.4 is 0 Å². The van der Waals surface area contributed by atoms with E-state index in [1.165, 1.54) is 35.3 Å². The van der Waals surface area contributed by atoms with Crippen molar-refractivity contribution in [3.05, 3.63) is 81.9 Å². The maximum atomic E-state index is 13.7. The minimum atomic E-state index is -0.962. The summed E-state index contributed by atoms with van der Waals surface area (Å²) in [7, 11) is 0. The van der Waals surface area contributed by atoms with Crippen LogP contribution in [0.25, 0.3) is 27.2 Å². The van der Waals surface area contributed by atoms with Gasteiger partial charge >= 0.3 is 5.97 Å². The molecule has 7 nitrogen and oxygen atoms in total. The van der Waals surface area contributed by atoms with Gasteiger partial charge in [-0.25, -0.2) is 9.78 Å². The van der Waals surface area contributed by atoms with Gasteiger partial charge in [-0.05, 0) is 85.0 Å². The molecule has 2 aliphatic heterocycles. The van der Waals surface area contributed by atoms with Gasteiger partial charge in [0, 0.05) is 36.3 Å². The van der Waals surface area contributed by atoms with E-state index in [0.29, 0.717) is 38.6 Å². The SMILES string of the molecule is C/C=C(\C=C1/CC(C2CCCCC2)=C(c2ccc3nc(-c4sccc4C)ccc3c2)N1CC(=O)N1CCOCC1)C(=O)O. The monoisotopic (exact) mass is 597 g/mol. The van der Waals surface area contributed by atoms with E-state index in [9.17, 15) is 14.7 Å². The van der Waals surface area contributed by atoms with E-state index in [0.717, 1.165) is 46.4 Å². The number of benzene rings is 1. The van der Waals surface area contributed by atoms with Crippen molar-refractivity contribution >= 4 is 39.8 Å². The summed E-state index contributed by atoms with van der Waals surface area (Å²) in [4.78, 5) is 35.9. The zero-order valence-corrected chi connectivity index (χ0v) is 25.8. The predicted octanol–water partition coefficient (Wildman–Crippen LogP) is 7.04. The molecule has 224 valence electrons. The van der Waals surface area contributed by atoms with Crippen LogP contribution in [0.5, 0.6) is 0 Å². The standard InChI is InChI=1S/C35H39N3O4S/c1-3-24(35(40)41)20-28-21-29(25-7-5-4-6-8-25)33(38(28)22-32(39)37-14-16-42-17-15-37)27-10-11-30-26(19-27)9-12-31(36-30)34-23(2)13-18-43-34/h3,9-13,18-20,25H,4-8,14-17,21-22H2,1-2H3,(H,40,41)/b24-3+,28-20+. The molecule has 1 saturated carbocycles. The molecular formula is C35H39N3O4S. The number of hydrogen-bond donors (Lipinski definition) is 1. The van der Waals surface area contributed by atoms with Crippen molar-refractivity contribution in [1.29, 1.82) is 0 Å². The van der Waals surface area contributed by atoms with Crippen LogP contribution in [-0.4, -0.2) is 64.6 Å². The van der Waals surface area contributed by atoms with Crippen molar-refractivity contribution in [3.8, 4) is 10.6 Å². The maximum Gasteiger partial charge on any atom is 0.335 e. The number of carbonyl (C=O) groups excluding carboxylic acids is 1. The van der Waals surface area contributed by atoms with Crippen LogP contribution in [0.1, 0.15) is 56.6 Å². The lowest BCUT2D eigenvalue weighted by molar-refractivity contribution is -0.135. The van der Waals surface area contributed by atoms with Crippen molar-refractivity contribution in [1.82, 2.24) is 14.8 Å². The number of amides is 1. The highest BCUT2D eigenvalue weighted by atomic mass is 32.1. The molecule has 2 fully saturated rings. The van der Waals surface area contributed by atoms with Gasteiger partial charge in [0.1, 0.15) is 6.54 Å². The molecule has 43 heavy (non-hydrogen) atoms. The Kier molecular flexibility index (Phi) is 8.77. The molecule has 8 heteroatoms. The first-order valence-electron chi connectivity index (χ1n) is 15.3. The van der Waals surface area contributed by atoms with E-state index in [1.54, 1.807) is 30.4 Å². The Morgan fingerprint density at radius 1 is 1.09 bits per heavy atom. The number of carbonyl (C=O) groups is 2. The highest BCUT2D eigenvalue weighted by Gasteiger charge is 2.35. The zero-order chi connectivity index (χ0) is 29.9. The molecule has 0 spiro atoms. The average Bonchev–Trinajstić information content (AvgIpc) is 3.63. The summed E-state index contributed by atoms with van der Waals surface area (Å²) in [5.41, 5.74) is 7.66. The zero-order valence-electron chi connectivity index (χ0n) is 25.0. The molecule has 3 aromatic rings. The predicted molar refractivity (Wildman–Crippen MR) is 171 cm³/mol. The molecule has 1 aliphatic carbocycles. The molecule has 2 aromatic heterocycles. The van der Waals surface area contributed by atoms with Crippen molar-refractivity contribution in [2.24, 2.45) is 5.92 Å². The Balaban J connectivity index is 1.45. The third kappa shape index (κ3) is 6.17. The summed E-state index contributed by atoms with van der Waals surface area (Å²) in [6.45, 7) is 6.25. The molecule has 4 heterocycles. The summed E-state index contributed by atoms with van der Waals surface area (Å²) in [5, 5.41) is 13.0. The Morgan fingerprint density at radius 3 is 2.58 bits per heavy atom. The Bertz CT molecular complexity index is 1620. The van der Waals surface area contributed by atoms with Gasteiger partial charge in [-0.15, -0.1) is 11.3 Å². The molecule has 1 amide bonds. The van der Waals surface area contributed by atoms with Crippen LogP contribution in [0.2, 0.25) is 0 Å². The number of pyridine rings is 1. The summed E-state index contributed by atoms with van der Waals surface area (Å²) in [6, 6.07) is 12.7. The lowest BCUT2D eigenvalue weighted by atomic mass is 9.81. The largest absolute Gasteiger partial charge is 0.478 e. The van der Waals surface area contributed by atoms with Crippen LogP contribution in [0, 0.1) is 12.8 Å². The van der Waals surface area contributed by atoms with Gasteiger partial charge in [-0.2, -0.15) is 0 Å². The van der Waals surface area contributed by atoms with Gasteiger partial charge in [0.15, 0.2) is 0 Å². The second-order valence-corrected chi connectivity index (χ2v) is 12.6. The molecule has 0 atom stereocenters. The number of ether oxygens (including phenoxy) is 1. The van der Waals surface area contributed by atoms with Crippen molar-refractivity contribution in [2.75, 3.05) is 32.8 Å². The van der Waals surface area contributed by atoms with Gasteiger partial charge < -0.3 is 19.6 Å². The second-order valence-electron chi connectivity index (χ2n) is 11.7. The molecular weight excluding hydrogens is 558 g/mol. The first-order valence-corrected chi connectivity index (χ1v) is 16.2. The minimum Gasteiger partial charge on any atom is -0.478 e. The number of allylic oxidation sites excluding steroid dienone is 2. The third-order valence-electron chi connectivity index (χ3n) is 8.98. The van der Waals surface area contributed by atoms with Gasteiger partial charge in [0.05, 0.1) is 34.9 Å². The van der Waals surface area contributed by atoms with E-state index < -0.39 is 5.97 Å². The number of hydrogen-bond acceptors (Lipinski definition) is 6. The molecule has 1 saturated heterocycles. The Labute approximate surface area is 257 Å². The number of rotatable bonds is 7. The molecule has 3 aliphatic rings. The van der Waals surface area contributed by atoms with Crippen LogP contribution in [0.3, 0.4) is 0 Å². The van der Waals surface area contributed by atoms with Gasteiger partial charge in [-0.3, -0.25) is 4.79 Å². The smallest absolute Gasteiger partial charge is 0.335 e. The molecule has 0 radical (unpaired) electrons. The van der Waals surface area contributed by atoms with Crippen molar-refractivity contribution < 1.29 is 19.4 Å². The number of nitrogens with zero attached hydrogens (tertiary/aromatic N) is 3. The van der Waals surface area contributed by atoms with E-state index in [-0.39, 0.29) is 18.0 Å². The van der Waals surface area contributed by atoms with E-state index in [1.807, 2.05) is 4.90 Å². The van der Waals surface area contributed by atoms with E-state index >= 15 is 0 Å². The number of carboxylic acids is 1. The molecule has 1 N–H and O–H groups in total. The Morgan fingerprint density at radius 2 is 1.88 bits per heavy atom. The minimum absolute atomic E-state index is 0.0346. The molecule has 0 unspecified atom stereocenters. The fraction of sp³-hybridized carbons (Fsp3) is 0.400. The number of fused-ring (bicyclic) bond motifs is 1. The molecule has 0 bridgehead atoms. The third-order valence-corrected chi connectivity index (χ3v) is 10.0. The van der Waals surface area contributed by atoms with Gasteiger partial charge in [0.2, 0.25) is 5.91 Å². The highest BCUT2D eigenvalue weighted by Crippen LogP contribution is 2.46. The summed E-state index contributed by atoms with van der Waals surface area (Å²) >= 11 is 1.70. The number of thiophene rings is 1. The topological polar surface area (TPSA) is 83.0 Å². The summed E-state index contributed by atoms with van der Waals surface area (Å²) < 4.78 is 5.49. The number of morpholine rings is 1. The van der Waals surface area contributed by atoms with Crippen molar-refractivity contribution in [3.63, 3.8) is 0 Å². The summed E-state index contributed by atoms with van der Waals surface area (Å²) in [5.74, 6) is -0.518. The van der Waals surface area contributed by atoms with Crippen molar-refractivity contribution in [2.45, 2.75) is 52.4 Å². The lowest BCUT2D eigenvalue weighted by Crippen LogP contribution is -2.44. The maximum absolute atomic E-state index is 13.7. The van der Waals surface area contributed by atoms with Crippen LogP contribution >= 0.6 is 11.3 Å². The Hall–Kier alpha value is -3.75. The number of aliphatic carboxylic acids is 1. The van der Waals surface area contributed by atoms with Crippen LogP contribution in [-0.2, 0) is 14.3 Å². The second kappa shape index (κ2) is 12.9. The fourth-order valence-corrected chi connectivity index (χ4v) is 7.56. The number of carboxylic acid groups (broad SMARTS) is 1. The molecule has 6 rings (SSSR count). The average molecular weight is 598 g/mol. The lowest BCUT2D eigenvalue weighted by Gasteiger charge is -2.31. The quantitative estimate of drug-likeness (QED) is 0.294. The van der Waals surface area contributed by atoms with E-state index in [4.69, 9.17) is 9.72 Å². The van der Waals surface area contributed by atoms with Crippen LogP contribution in [0.4, 0.5) is 0 Å². The fourth-order valence-electron chi connectivity index (χ4n) is 6.66. The number of aryl methyl sites for hydroxylation is 1. The normalized spacial score (nSPS) is 19.6. The molecule has 1 aromatic carbocycles. The van der Waals surface area contributed by atoms with Crippen LogP contribution in [0.15, 0.2) is 70.8 Å². The van der Waals surface area contributed by atoms with Gasteiger partial charge in [-0.1, -0.05) is 37.5 Å². The van der Waals surface area contributed by atoms with E-state index in [2.05, 4.69) is 53.6 Å². The first-order chi connectivity index (χ1) is 20.9. The highest BCUT2D eigenvalue weighted by molar-refractivity contribution is 7.13. The summed E-state index contributed by atoms with van der Waals surface area (Å²) in [6.07, 6.45) is 9.90. The number of aromatic nitrogens is 1.